The molecular weight excluding hydrogens is 473 g/mol. The molecule has 10 heteroatoms. The molecule has 0 saturated heterocycles. The highest BCUT2D eigenvalue weighted by Crippen LogP contribution is 2.17. The molecule has 0 radical (unpaired) electrons. The summed E-state index contributed by atoms with van der Waals surface area (Å²) in [5, 5.41) is 8.86. The van der Waals surface area contributed by atoms with E-state index in [1.165, 1.54) is 47.4 Å². The number of carbonyl (C=O) groups excluding carboxylic acids is 2. The van der Waals surface area contributed by atoms with Gasteiger partial charge in [-0.15, -0.1) is 0 Å². The van der Waals surface area contributed by atoms with Gasteiger partial charge >= 0.3 is 5.97 Å². The fourth-order valence-electron chi connectivity index (χ4n) is 3.12. The molecule has 0 aromatic heterocycles. The third-order valence-electron chi connectivity index (χ3n) is 4.90. The van der Waals surface area contributed by atoms with Crippen LogP contribution in [0, 0.1) is 17.1 Å². The number of anilines is 1. The zero-order valence-corrected chi connectivity index (χ0v) is 19.4. The van der Waals surface area contributed by atoms with Gasteiger partial charge in [0.2, 0.25) is 10.0 Å². The van der Waals surface area contributed by atoms with Crippen LogP contribution in [0.25, 0.3) is 0 Å². The number of nitrogens with zero attached hydrogens (tertiary/aromatic N) is 2. The highest BCUT2D eigenvalue weighted by Gasteiger charge is 2.20. The molecule has 0 spiro atoms. The average Bonchev–Trinajstić information content (AvgIpc) is 2.88. The zero-order chi connectivity index (χ0) is 25.3. The number of benzene rings is 3. The van der Waals surface area contributed by atoms with Crippen LogP contribution in [-0.4, -0.2) is 33.4 Å². The quantitative estimate of drug-likeness (QED) is 0.431. The molecule has 0 fully saturated rings. The van der Waals surface area contributed by atoms with E-state index in [4.69, 9.17) is 10.00 Å². The largest absolute Gasteiger partial charge is 0.452 e. The van der Waals surface area contributed by atoms with Gasteiger partial charge in [-0.3, -0.25) is 4.79 Å². The molecule has 8 nitrogen and oxygen atoms in total. The number of nitriles is 1. The number of nitrogens with one attached hydrogen (secondary N) is 1. The zero-order valence-electron chi connectivity index (χ0n) is 18.6. The Hall–Kier alpha value is -4.07. The van der Waals surface area contributed by atoms with Gasteiger partial charge in [0.25, 0.3) is 5.91 Å². The minimum Gasteiger partial charge on any atom is -0.452 e. The molecule has 1 N–H and O–H groups in total. The van der Waals surface area contributed by atoms with Gasteiger partial charge in [0.1, 0.15) is 5.82 Å². The van der Waals surface area contributed by atoms with Crippen LogP contribution in [-0.2, 0) is 26.1 Å². The first kappa shape index (κ1) is 25.6. The van der Waals surface area contributed by atoms with Gasteiger partial charge in [-0.1, -0.05) is 36.4 Å². The van der Waals surface area contributed by atoms with E-state index in [1.54, 1.807) is 24.3 Å². The van der Waals surface area contributed by atoms with E-state index in [-0.39, 0.29) is 30.0 Å². The van der Waals surface area contributed by atoms with Crippen molar-refractivity contribution in [2.24, 2.45) is 0 Å². The number of ether oxygens (including phenoxy) is 1. The Morgan fingerprint density at radius 1 is 1.00 bits per heavy atom. The smallest absolute Gasteiger partial charge is 0.338 e. The maximum Gasteiger partial charge on any atom is 0.338 e. The van der Waals surface area contributed by atoms with Crippen LogP contribution in [0.1, 0.15) is 22.3 Å². The SMILES string of the molecule is N#CCCN(C(=O)COC(=O)c1cccc(S(=O)(=O)NCc2ccccc2)c1)c1ccc(F)cc1. The number of esters is 1. The van der Waals surface area contributed by atoms with Crippen LogP contribution in [0.2, 0.25) is 0 Å². The lowest BCUT2D eigenvalue weighted by atomic mass is 10.2. The van der Waals surface area contributed by atoms with Gasteiger partial charge in [-0.25, -0.2) is 22.3 Å². The van der Waals surface area contributed by atoms with Crippen molar-refractivity contribution in [3.05, 3.63) is 95.8 Å². The molecule has 0 unspecified atom stereocenters. The molecule has 3 rings (SSSR count). The molecule has 0 aliphatic rings. The summed E-state index contributed by atoms with van der Waals surface area (Å²) in [5.41, 5.74) is 1.07. The van der Waals surface area contributed by atoms with Crippen molar-refractivity contribution >= 4 is 27.6 Å². The lowest BCUT2D eigenvalue weighted by Crippen LogP contribution is -2.35. The first-order chi connectivity index (χ1) is 16.8. The lowest BCUT2D eigenvalue weighted by molar-refractivity contribution is -0.121. The maximum atomic E-state index is 13.2. The summed E-state index contributed by atoms with van der Waals surface area (Å²) in [5.74, 6) is -1.99. The second-order valence-corrected chi connectivity index (χ2v) is 9.11. The summed E-state index contributed by atoms with van der Waals surface area (Å²) < 4.78 is 46.1. The number of carbonyl (C=O) groups is 2. The van der Waals surface area contributed by atoms with Crippen molar-refractivity contribution in [2.45, 2.75) is 17.9 Å². The predicted octanol–water partition coefficient (Wildman–Crippen LogP) is 3.41. The van der Waals surface area contributed by atoms with Crippen molar-refractivity contribution in [3.63, 3.8) is 0 Å². The number of halogens is 1. The van der Waals surface area contributed by atoms with Crippen molar-refractivity contribution in [3.8, 4) is 6.07 Å². The summed E-state index contributed by atoms with van der Waals surface area (Å²) in [6, 6.07) is 21.3. The van der Waals surface area contributed by atoms with Gasteiger partial charge in [0.15, 0.2) is 6.61 Å². The predicted molar refractivity (Wildman–Crippen MR) is 126 cm³/mol. The molecule has 3 aromatic carbocycles. The molecule has 0 aliphatic heterocycles. The van der Waals surface area contributed by atoms with Gasteiger partial charge in [0.05, 0.1) is 22.9 Å². The number of rotatable bonds is 10. The van der Waals surface area contributed by atoms with E-state index in [1.807, 2.05) is 12.1 Å². The Morgan fingerprint density at radius 3 is 2.40 bits per heavy atom. The summed E-state index contributed by atoms with van der Waals surface area (Å²) in [6.45, 7) is -0.543. The van der Waals surface area contributed by atoms with Crippen LogP contribution in [0.4, 0.5) is 10.1 Å². The number of hydrogen-bond donors (Lipinski definition) is 1. The molecule has 0 bridgehead atoms. The Bertz CT molecular complexity index is 1320. The fraction of sp³-hybridized carbons (Fsp3) is 0.160. The van der Waals surface area contributed by atoms with Gasteiger partial charge in [-0.05, 0) is 48.0 Å². The van der Waals surface area contributed by atoms with Crippen molar-refractivity contribution < 1.29 is 27.1 Å². The van der Waals surface area contributed by atoms with Crippen LogP contribution >= 0.6 is 0 Å². The standard InChI is InChI=1S/C25H22FN3O5S/c26-21-10-12-22(13-11-21)29(15-5-14-27)24(30)18-34-25(31)20-8-4-9-23(16-20)35(32,33)28-17-19-6-2-1-3-7-19/h1-4,6-13,16,28H,5,15,17-18H2. The molecule has 0 aliphatic carbocycles. The molecule has 1 amide bonds. The van der Waals surface area contributed by atoms with Gasteiger partial charge in [0, 0.05) is 18.8 Å². The summed E-state index contributed by atoms with van der Waals surface area (Å²) in [6.07, 6.45) is 0.0208. The Balaban J connectivity index is 1.66. The van der Waals surface area contributed by atoms with Crippen molar-refractivity contribution in [1.82, 2.24) is 4.72 Å². The highest BCUT2D eigenvalue weighted by molar-refractivity contribution is 7.89. The molecule has 3 aromatic rings. The van der Waals surface area contributed by atoms with E-state index >= 15 is 0 Å². The van der Waals surface area contributed by atoms with Crippen LogP contribution in [0.15, 0.2) is 83.8 Å². The normalized spacial score (nSPS) is 10.9. The van der Waals surface area contributed by atoms with E-state index in [9.17, 15) is 22.4 Å². The highest BCUT2D eigenvalue weighted by atomic mass is 32.2. The van der Waals surface area contributed by atoms with E-state index < -0.39 is 34.3 Å². The Kier molecular flexibility index (Phi) is 8.67. The third-order valence-corrected chi connectivity index (χ3v) is 6.30. The number of hydrogen-bond acceptors (Lipinski definition) is 6. The first-order valence-electron chi connectivity index (χ1n) is 10.5. The fourth-order valence-corrected chi connectivity index (χ4v) is 4.18. The number of sulfonamides is 1. The first-order valence-corrected chi connectivity index (χ1v) is 12.0. The number of amides is 1. The van der Waals surface area contributed by atoms with E-state index in [0.29, 0.717) is 5.69 Å². The van der Waals surface area contributed by atoms with Crippen molar-refractivity contribution in [1.29, 1.82) is 5.26 Å². The van der Waals surface area contributed by atoms with Crippen LogP contribution in [0.3, 0.4) is 0 Å². The third kappa shape index (κ3) is 7.20. The molecule has 0 saturated carbocycles. The second-order valence-electron chi connectivity index (χ2n) is 7.34. The molecule has 35 heavy (non-hydrogen) atoms. The average molecular weight is 496 g/mol. The second kappa shape index (κ2) is 11.9. The summed E-state index contributed by atoms with van der Waals surface area (Å²) in [7, 11) is -3.90. The lowest BCUT2D eigenvalue weighted by Gasteiger charge is -2.21. The molecular formula is C25H22FN3O5S. The minimum absolute atomic E-state index is 0.0208. The summed E-state index contributed by atoms with van der Waals surface area (Å²) in [4.78, 5) is 26.3. The monoisotopic (exact) mass is 495 g/mol. The van der Waals surface area contributed by atoms with E-state index in [0.717, 1.165) is 11.6 Å². The maximum absolute atomic E-state index is 13.2. The molecule has 0 heterocycles. The van der Waals surface area contributed by atoms with Gasteiger partial charge < -0.3 is 9.64 Å². The van der Waals surface area contributed by atoms with Crippen LogP contribution in [0.5, 0.6) is 0 Å². The Morgan fingerprint density at radius 2 is 1.71 bits per heavy atom. The topological polar surface area (TPSA) is 117 Å². The molecule has 180 valence electrons. The summed E-state index contributed by atoms with van der Waals surface area (Å²) >= 11 is 0. The van der Waals surface area contributed by atoms with Gasteiger partial charge in [-0.2, -0.15) is 5.26 Å². The molecule has 0 atom stereocenters. The van der Waals surface area contributed by atoms with Crippen LogP contribution < -0.4 is 9.62 Å². The minimum atomic E-state index is -3.90. The van der Waals surface area contributed by atoms with E-state index in [2.05, 4.69) is 4.72 Å². The van der Waals surface area contributed by atoms with Crippen molar-refractivity contribution in [2.75, 3.05) is 18.1 Å². The Labute approximate surface area is 202 Å².